The van der Waals surface area contributed by atoms with E-state index in [2.05, 4.69) is 10.2 Å². The van der Waals surface area contributed by atoms with E-state index in [1.165, 1.54) is 71.2 Å². The van der Waals surface area contributed by atoms with Crippen molar-refractivity contribution in [2.45, 2.75) is 38.5 Å². The second kappa shape index (κ2) is 6.23. The maximum atomic E-state index is 5.82. The van der Waals surface area contributed by atoms with Crippen LogP contribution >= 0.6 is 11.6 Å². The molecule has 0 aromatic rings. The lowest BCUT2D eigenvalue weighted by Gasteiger charge is -2.17. The van der Waals surface area contributed by atoms with E-state index in [1.54, 1.807) is 0 Å². The number of nitrogens with one attached hydrogen (secondary N) is 1. The smallest absolute Gasteiger partial charge is 0.0229 e. The van der Waals surface area contributed by atoms with Crippen molar-refractivity contribution in [3.63, 3.8) is 0 Å². The Morgan fingerprint density at radius 3 is 2.56 bits per heavy atom. The standard InChI is InChI=1S/C13H25ClN2/c14-7-6-13(4-5-13)12-15-8-3-11-16-9-1-2-10-16/h15H,1-12H2. The third-order valence-corrected chi connectivity index (χ3v) is 4.30. The van der Waals surface area contributed by atoms with Gasteiger partial charge in [-0.05, 0) is 70.1 Å². The van der Waals surface area contributed by atoms with Crippen LogP contribution < -0.4 is 5.32 Å². The molecule has 1 heterocycles. The zero-order chi connectivity index (χ0) is 11.3. The van der Waals surface area contributed by atoms with E-state index in [1.807, 2.05) is 0 Å². The largest absolute Gasteiger partial charge is 0.316 e. The molecular weight excluding hydrogens is 220 g/mol. The molecule has 0 amide bonds. The number of likely N-dealkylation sites (tertiary alicyclic amines) is 1. The van der Waals surface area contributed by atoms with Crippen molar-refractivity contribution in [1.29, 1.82) is 0 Å². The van der Waals surface area contributed by atoms with Gasteiger partial charge in [-0.3, -0.25) is 0 Å². The van der Waals surface area contributed by atoms with Crippen molar-refractivity contribution < 1.29 is 0 Å². The fourth-order valence-corrected chi connectivity index (χ4v) is 3.08. The molecule has 16 heavy (non-hydrogen) atoms. The Kier molecular flexibility index (Phi) is 4.93. The van der Waals surface area contributed by atoms with Gasteiger partial charge in [0.2, 0.25) is 0 Å². The van der Waals surface area contributed by atoms with Crippen molar-refractivity contribution in [2.75, 3.05) is 38.6 Å². The molecule has 0 bridgehead atoms. The second-order valence-electron chi connectivity index (χ2n) is 5.52. The summed E-state index contributed by atoms with van der Waals surface area (Å²) in [5.41, 5.74) is 0.593. The fourth-order valence-electron chi connectivity index (χ4n) is 2.68. The van der Waals surface area contributed by atoms with Crippen molar-refractivity contribution >= 4 is 11.6 Å². The Bertz CT molecular complexity index is 198. The first-order valence-corrected chi connectivity index (χ1v) is 7.37. The maximum Gasteiger partial charge on any atom is 0.0229 e. The zero-order valence-corrected chi connectivity index (χ0v) is 11.1. The SMILES string of the molecule is ClCCC1(CNCCCN2CCCC2)CC1. The lowest BCUT2D eigenvalue weighted by atomic mass is 10.0. The lowest BCUT2D eigenvalue weighted by Crippen LogP contribution is -2.28. The van der Waals surface area contributed by atoms with Crippen LogP contribution in [0.5, 0.6) is 0 Å². The van der Waals surface area contributed by atoms with Crippen LogP contribution in [-0.4, -0.2) is 43.5 Å². The first-order chi connectivity index (χ1) is 7.85. The molecule has 2 fully saturated rings. The van der Waals surface area contributed by atoms with E-state index >= 15 is 0 Å². The van der Waals surface area contributed by atoms with Gasteiger partial charge in [-0.15, -0.1) is 11.6 Å². The molecule has 2 nitrogen and oxygen atoms in total. The molecule has 2 rings (SSSR count). The van der Waals surface area contributed by atoms with E-state index in [9.17, 15) is 0 Å². The predicted octanol–water partition coefficient (Wildman–Crippen LogP) is 2.47. The summed E-state index contributed by atoms with van der Waals surface area (Å²) in [4.78, 5) is 2.59. The summed E-state index contributed by atoms with van der Waals surface area (Å²) in [7, 11) is 0. The van der Waals surface area contributed by atoms with Crippen molar-refractivity contribution in [3.05, 3.63) is 0 Å². The summed E-state index contributed by atoms with van der Waals surface area (Å²) in [5.74, 6) is 0.829. The van der Waals surface area contributed by atoms with Crippen molar-refractivity contribution in [3.8, 4) is 0 Å². The normalized spacial score (nSPS) is 23.8. The highest BCUT2D eigenvalue weighted by Gasteiger charge is 2.40. The monoisotopic (exact) mass is 244 g/mol. The molecule has 0 aromatic heterocycles. The third kappa shape index (κ3) is 3.90. The molecule has 1 N–H and O–H groups in total. The summed E-state index contributed by atoms with van der Waals surface area (Å²) >= 11 is 5.82. The molecule has 1 aliphatic heterocycles. The van der Waals surface area contributed by atoms with E-state index in [0.717, 1.165) is 5.88 Å². The number of alkyl halides is 1. The van der Waals surface area contributed by atoms with E-state index in [4.69, 9.17) is 11.6 Å². The quantitative estimate of drug-likeness (QED) is 0.521. The minimum atomic E-state index is 0.593. The number of halogens is 1. The molecule has 2 aliphatic rings. The Hall–Kier alpha value is 0.210. The third-order valence-electron chi connectivity index (χ3n) is 4.11. The van der Waals surface area contributed by atoms with Gasteiger partial charge in [0.15, 0.2) is 0 Å². The van der Waals surface area contributed by atoms with E-state index in [0.29, 0.717) is 5.41 Å². The van der Waals surface area contributed by atoms with Gasteiger partial charge >= 0.3 is 0 Å². The first kappa shape index (κ1) is 12.7. The fraction of sp³-hybridized carbons (Fsp3) is 1.00. The molecule has 0 spiro atoms. The van der Waals surface area contributed by atoms with Gasteiger partial charge in [-0.2, -0.15) is 0 Å². The van der Waals surface area contributed by atoms with Crippen LogP contribution in [-0.2, 0) is 0 Å². The van der Waals surface area contributed by atoms with Crippen molar-refractivity contribution in [1.82, 2.24) is 10.2 Å². The van der Waals surface area contributed by atoms with Gasteiger partial charge in [0, 0.05) is 12.4 Å². The summed E-state index contributed by atoms with van der Waals surface area (Å²) in [5, 5.41) is 3.61. The number of rotatable bonds is 8. The number of hydrogen-bond donors (Lipinski definition) is 1. The Labute approximate surface area is 105 Å². The number of nitrogens with zero attached hydrogens (tertiary/aromatic N) is 1. The predicted molar refractivity (Wildman–Crippen MR) is 70.2 cm³/mol. The average Bonchev–Trinajstić information content (AvgIpc) is 2.85. The molecule has 1 saturated carbocycles. The minimum absolute atomic E-state index is 0.593. The van der Waals surface area contributed by atoms with E-state index < -0.39 is 0 Å². The van der Waals surface area contributed by atoms with Gasteiger partial charge in [0.1, 0.15) is 0 Å². The molecule has 0 aromatic carbocycles. The van der Waals surface area contributed by atoms with Gasteiger partial charge in [0.05, 0.1) is 0 Å². The molecule has 94 valence electrons. The van der Waals surface area contributed by atoms with Crippen LogP contribution in [0.15, 0.2) is 0 Å². The van der Waals surface area contributed by atoms with Crippen LogP contribution in [0.1, 0.15) is 38.5 Å². The van der Waals surface area contributed by atoms with Crippen LogP contribution in [0.25, 0.3) is 0 Å². The summed E-state index contributed by atoms with van der Waals surface area (Å²) in [6.07, 6.45) is 8.10. The van der Waals surface area contributed by atoms with Crippen LogP contribution in [0.3, 0.4) is 0 Å². The van der Waals surface area contributed by atoms with Crippen molar-refractivity contribution in [2.24, 2.45) is 5.41 Å². The van der Waals surface area contributed by atoms with Gasteiger partial charge < -0.3 is 10.2 Å². The molecule has 1 saturated heterocycles. The van der Waals surface area contributed by atoms with Crippen LogP contribution in [0.2, 0.25) is 0 Å². The zero-order valence-electron chi connectivity index (χ0n) is 10.3. The van der Waals surface area contributed by atoms with Gasteiger partial charge in [-0.1, -0.05) is 0 Å². The Morgan fingerprint density at radius 2 is 1.94 bits per heavy atom. The minimum Gasteiger partial charge on any atom is -0.316 e. The topological polar surface area (TPSA) is 15.3 Å². The van der Waals surface area contributed by atoms with E-state index in [-0.39, 0.29) is 0 Å². The first-order valence-electron chi connectivity index (χ1n) is 6.84. The summed E-state index contributed by atoms with van der Waals surface area (Å²) in [6, 6.07) is 0. The summed E-state index contributed by atoms with van der Waals surface area (Å²) < 4.78 is 0. The highest BCUT2D eigenvalue weighted by atomic mass is 35.5. The number of hydrogen-bond acceptors (Lipinski definition) is 2. The molecule has 0 atom stereocenters. The van der Waals surface area contributed by atoms with Crippen LogP contribution in [0, 0.1) is 5.41 Å². The Balaban J connectivity index is 1.45. The molecule has 0 unspecified atom stereocenters. The molecular formula is C13H25ClN2. The average molecular weight is 245 g/mol. The molecule has 3 heteroatoms. The Morgan fingerprint density at radius 1 is 1.19 bits per heavy atom. The molecule has 0 radical (unpaired) electrons. The van der Waals surface area contributed by atoms with Crippen LogP contribution in [0.4, 0.5) is 0 Å². The maximum absolute atomic E-state index is 5.82. The van der Waals surface area contributed by atoms with Gasteiger partial charge in [-0.25, -0.2) is 0 Å². The lowest BCUT2D eigenvalue weighted by molar-refractivity contribution is 0.327. The molecule has 1 aliphatic carbocycles. The summed E-state index contributed by atoms with van der Waals surface area (Å²) in [6.45, 7) is 6.32. The van der Waals surface area contributed by atoms with Gasteiger partial charge in [0.25, 0.3) is 0 Å². The highest BCUT2D eigenvalue weighted by molar-refractivity contribution is 6.17. The highest BCUT2D eigenvalue weighted by Crippen LogP contribution is 2.48. The second-order valence-corrected chi connectivity index (χ2v) is 5.90.